The van der Waals surface area contributed by atoms with E-state index in [1.807, 2.05) is 36.4 Å². The third kappa shape index (κ3) is 1.63. The Morgan fingerprint density at radius 2 is 2.33 bits per heavy atom. The van der Waals surface area contributed by atoms with Gasteiger partial charge in [-0.3, -0.25) is 0 Å². The summed E-state index contributed by atoms with van der Waals surface area (Å²) in [6.45, 7) is 0. The van der Waals surface area contributed by atoms with Crippen LogP contribution in [0.2, 0.25) is 0 Å². The van der Waals surface area contributed by atoms with Crippen LogP contribution in [0.15, 0.2) is 24.7 Å². The Morgan fingerprint density at radius 1 is 1.33 bits per heavy atom. The number of imidazole rings is 1. The average Bonchev–Trinajstić information content (AvgIpc) is 2.74. The first-order valence-corrected chi connectivity index (χ1v) is 6.39. The van der Waals surface area contributed by atoms with Gasteiger partial charge in [-0.2, -0.15) is 0 Å². The maximum Gasteiger partial charge on any atom is 0.160 e. The van der Waals surface area contributed by atoms with E-state index in [0.717, 1.165) is 11.2 Å². The van der Waals surface area contributed by atoms with E-state index in [1.54, 1.807) is 0 Å². The van der Waals surface area contributed by atoms with Crippen molar-refractivity contribution in [2.24, 2.45) is 0 Å². The lowest BCUT2D eigenvalue weighted by Crippen LogP contribution is -2.09. The molecule has 4 heteroatoms. The Hall–Kier alpha value is -1.03. The predicted octanol–water partition coefficient (Wildman–Crippen LogP) is 2.85. The van der Waals surface area contributed by atoms with Crippen LogP contribution in [0.3, 0.4) is 0 Å². The van der Waals surface area contributed by atoms with E-state index in [0.29, 0.717) is 5.37 Å². The van der Waals surface area contributed by atoms with Crippen LogP contribution in [-0.4, -0.2) is 20.3 Å². The quantitative estimate of drug-likeness (QED) is 0.739. The zero-order chi connectivity index (χ0) is 10.1. The molecular weight excluding hydrogens is 206 g/mol. The van der Waals surface area contributed by atoms with Crippen molar-refractivity contribution in [1.29, 1.82) is 0 Å². The molecule has 3 nitrogen and oxygen atoms in total. The fourth-order valence-corrected chi connectivity index (χ4v) is 3.31. The van der Waals surface area contributed by atoms with Gasteiger partial charge in [-0.05, 0) is 37.1 Å². The molecule has 15 heavy (non-hydrogen) atoms. The van der Waals surface area contributed by atoms with E-state index in [9.17, 15) is 0 Å². The molecule has 3 rings (SSSR count). The van der Waals surface area contributed by atoms with E-state index >= 15 is 0 Å². The molecule has 0 saturated carbocycles. The Labute approximate surface area is 92.9 Å². The Morgan fingerprint density at radius 3 is 3.20 bits per heavy atom. The summed E-state index contributed by atoms with van der Waals surface area (Å²) in [7, 11) is 0. The van der Waals surface area contributed by atoms with Crippen LogP contribution in [-0.2, 0) is 0 Å². The number of hydrogen-bond acceptors (Lipinski definition) is 3. The second kappa shape index (κ2) is 3.85. The minimum atomic E-state index is 0.540. The van der Waals surface area contributed by atoms with Crippen LogP contribution in [0.5, 0.6) is 0 Å². The third-order valence-electron chi connectivity index (χ3n) is 2.80. The van der Waals surface area contributed by atoms with Crippen molar-refractivity contribution >= 4 is 22.9 Å². The summed E-state index contributed by atoms with van der Waals surface area (Å²) in [6, 6.07) is 3.96. The highest BCUT2D eigenvalue weighted by Gasteiger charge is 2.17. The van der Waals surface area contributed by atoms with Gasteiger partial charge >= 0.3 is 0 Å². The van der Waals surface area contributed by atoms with Crippen molar-refractivity contribution < 1.29 is 0 Å². The number of nitrogens with zero attached hydrogens (tertiary/aromatic N) is 3. The lowest BCUT2D eigenvalue weighted by molar-refractivity contribution is 0.577. The molecular formula is C11H13N3S. The summed E-state index contributed by atoms with van der Waals surface area (Å²) in [4.78, 5) is 8.78. The van der Waals surface area contributed by atoms with E-state index in [2.05, 4.69) is 14.5 Å². The van der Waals surface area contributed by atoms with Gasteiger partial charge in [0.15, 0.2) is 5.65 Å². The monoisotopic (exact) mass is 219 g/mol. The van der Waals surface area contributed by atoms with Crippen molar-refractivity contribution in [3.8, 4) is 0 Å². The second-order valence-electron chi connectivity index (χ2n) is 3.82. The van der Waals surface area contributed by atoms with Crippen molar-refractivity contribution in [3.05, 3.63) is 24.7 Å². The summed E-state index contributed by atoms with van der Waals surface area (Å²) in [6.07, 6.45) is 7.69. The molecule has 0 amide bonds. The van der Waals surface area contributed by atoms with Crippen molar-refractivity contribution in [2.75, 3.05) is 5.75 Å². The molecule has 0 N–H and O–H groups in total. The SMILES string of the molecule is c1cnc2c(c1)ncn2C1CCCCS1. The van der Waals surface area contributed by atoms with E-state index in [-0.39, 0.29) is 0 Å². The maximum absolute atomic E-state index is 4.40. The Balaban J connectivity index is 2.02. The molecule has 1 aliphatic heterocycles. The van der Waals surface area contributed by atoms with E-state index < -0.39 is 0 Å². The van der Waals surface area contributed by atoms with Crippen molar-refractivity contribution in [2.45, 2.75) is 24.6 Å². The third-order valence-corrected chi connectivity index (χ3v) is 4.17. The molecule has 1 saturated heterocycles. The second-order valence-corrected chi connectivity index (χ2v) is 5.10. The van der Waals surface area contributed by atoms with Gasteiger partial charge in [0.05, 0.1) is 11.7 Å². The number of thioether (sulfide) groups is 1. The minimum absolute atomic E-state index is 0.540. The average molecular weight is 219 g/mol. The first-order chi connectivity index (χ1) is 7.45. The standard InChI is InChI=1S/C11H13N3S/c1-2-7-15-10(5-1)14-8-13-9-4-3-6-12-11(9)14/h3-4,6,8,10H,1-2,5,7H2. The first kappa shape index (κ1) is 9.21. The molecule has 1 fully saturated rings. The highest BCUT2D eigenvalue weighted by atomic mass is 32.2. The number of fused-ring (bicyclic) bond motifs is 1. The molecule has 3 heterocycles. The molecule has 0 spiro atoms. The molecule has 78 valence electrons. The van der Waals surface area contributed by atoms with Crippen LogP contribution in [0.4, 0.5) is 0 Å². The number of pyridine rings is 1. The van der Waals surface area contributed by atoms with Gasteiger partial charge in [0.25, 0.3) is 0 Å². The van der Waals surface area contributed by atoms with Crippen LogP contribution in [0.25, 0.3) is 11.2 Å². The molecule has 1 atom stereocenters. The van der Waals surface area contributed by atoms with Crippen LogP contribution < -0.4 is 0 Å². The van der Waals surface area contributed by atoms with Crippen molar-refractivity contribution in [3.63, 3.8) is 0 Å². The van der Waals surface area contributed by atoms with Gasteiger partial charge in [-0.15, -0.1) is 11.8 Å². The van der Waals surface area contributed by atoms with Gasteiger partial charge in [-0.25, -0.2) is 9.97 Å². The lowest BCUT2D eigenvalue weighted by atomic mass is 10.2. The summed E-state index contributed by atoms with van der Waals surface area (Å²) in [5.74, 6) is 1.26. The largest absolute Gasteiger partial charge is 0.303 e. The summed E-state index contributed by atoms with van der Waals surface area (Å²) in [5, 5.41) is 0.540. The zero-order valence-corrected chi connectivity index (χ0v) is 9.28. The first-order valence-electron chi connectivity index (χ1n) is 5.34. The lowest BCUT2D eigenvalue weighted by Gasteiger charge is -2.22. The number of hydrogen-bond donors (Lipinski definition) is 0. The molecule has 0 aromatic carbocycles. The van der Waals surface area contributed by atoms with E-state index in [1.165, 1.54) is 25.0 Å². The summed E-state index contributed by atoms with van der Waals surface area (Å²) in [5.41, 5.74) is 2.03. The smallest absolute Gasteiger partial charge is 0.160 e. The minimum Gasteiger partial charge on any atom is -0.303 e. The fraction of sp³-hybridized carbons (Fsp3) is 0.455. The number of aromatic nitrogens is 3. The van der Waals surface area contributed by atoms with Gasteiger partial charge in [0.2, 0.25) is 0 Å². The van der Waals surface area contributed by atoms with Gasteiger partial charge in [0.1, 0.15) is 5.52 Å². The van der Waals surface area contributed by atoms with Crippen molar-refractivity contribution in [1.82, 2.24) is 14.5 Å². The van der Waals surface area contributed by atoms with Gasteiger partial charge in [-0.1, -0.05) is 0 Å². The fourth-order valence-electron chi connectivity index (χ4n) is 2.02. The van der Waals surface area contributed by atoms with E-state index in [4.69, 9.17) is 0 Å². The topological polar surface area (TPSA) is 30.7 Å². The van der Waals surface area contributed by atoms with Crippen LogP contribution in [0, 0.1) is 0 Å². The molecule has 1 unspecified atom stereocenters. The molecule has 0 aliphatic carbocycles. The molecule has 0 bridgehead atoms. The Bertz CT molecular complexity index is 460. The zero-order valence-electron chi connectivity index (χ0n) is 8.47. The Kier molecular flexibility index (Phi) is 2.37. The van der Waals surface area contributed by atoms with Crippen LogP contribution >= 0.6 is 11.8 Å². The van der Waals surface area contributed by atoms with Gasteiger partial charge in [0, 0.05) is 6.20 Å². The highest BCUT2D eigenvalue weighted by molar-refractivity contribution is 7.99. The van der Waals surface area contributed by atoms with Crippen LogP contribution in [0.1, 0.15) is 24.6 Å². The molecule has 2 aromatic heterocycles. The molecule has 1 aliphatic rings. The molecule has 2 aromatic rings. The maximum atomic E-state index is 4.40. The molecule has 0 radical (unpaired) electrons. The summed E-state index contributed by atoms with van der Waals surface area (Å²) >= 11 is 2.02. The van der Waals surface area contributed by atoms with Gasteiger partial charge < -0.3 is 4.57 Å². The normalized spacial score (nSPS) is 22.0. The summed E-state index contributed by atoms with van der Waals surface area (Å²) < 4.78 is 2.22. The predicted molar refractivity (Wildman–Crippen MR) is 62.9 cm³/mol. The number of rotatable bonds is 1. The highest BCUT2D eigenvalue weighted by Crippen LogP contribution is 2.35.